The van der Waals surface area contributed by atoms with Crippen molar-refractivity contribution in [2.45, 2.75) is 125 Å². The second kappa shape index (κ2) is 15.7. The minimum Gasteiger partial charge on any atom is -0.388 e. The summed E-state index contributed by atoms with van der Waals surface area (Å²) >= 11 is 0. The topological polar surface area (TPSA) is 207 Å². The number of nitrogens with zero attached hydrogens (tertiary/aromatic N) is 7. The van der Waals surface area contributed by atoms with Gasteiger partial charge in [-0.3, -0.25) is 38.8 Å². The third-order valence-electron chi connectivity index (χ3n) is 15.4. The number of benzene rings is 1. The van der Waals surface area contributed by atoms with E-state index in [2.05, 4.69) is 20.5 Å². The van der Waals surface area contributed by atoms with Crippen molar-refractivity contribution in [1.29, 1.82) is 0 Å². The summed E-state index contributed by atoms with van der Waals surface area (Å²) in [5.41, 5.74) is -0.560. The van der Waals surface area contributed by atoms with E-state index < -0.39 is 56.4 Å². The lowest BCUT2D eigenvalue weighted by Gasteiger charge is -2.39. The van der Waals surface area contributed by atoms with Gasteiger partial charge in [-0.2, -0.15) is 4.98 Å². The third-order valence-corrected chi connectivity index (χ3v) is 17.8. The largest absolute Gasteiger partial charge is 0.388 e. The van der Waals surface area contributed by atoms with Crippen LogP contribution in [0, 0.1) is 11.2 Å². The number of hydrogen-bond donors (Lipinski definition) is 3. The molecule has 4 saturated heterocycles. The summed E-state index contributed by atoms with van der Waals surface area (Å²) in [6.45, 7) is 5.11. The molecule has 0 bridgehead atoms. The fourth-order valence-corrected chi connectivity index (χ4v) is 13.8. The number of carbonyl (C=O) groups excluding carboxylic acids is 4. The molecule has 2 aromatic heterocycles. The van der Waals surface area contributed by atoms with Crippen molar-refractivity contribution >= 4 is 56.3 Å². The molecule has 63 heavy (non-hydrogen) atoms. The van der Waals surface area contributed by atoms with Gasteiger partial charge < -0.3 is 20.2 Å². The number of halogens is 1. The van der Waals surface area contributed by atoms with Crippen molar-refractivity contribution in [2.75, 3.05) is 49.5 Å². The van der Waals surface area contributed by atoms with Crippen LogP contribution in [0.3, 0.4) is 0 Å². The Balaban J connectivity index is 0.722. The molecule has 5 aliphatic heterocycles. The van der Waals surface area contributed by atoms with Crippen LogP contribution in [-0.4, -0.2) is 134 Å². The van der Waals surface area contributed by atoms with Crippen molar-refractivity contribution in [1.82, 2.24) is 34.0 Å². The number of hydrogen-bond acceptors (Lipinski definition) is 13. The van der Waals surface area contributed by atoms with Gasteiger partial charge >= 0.3 is 0 Å². The number of amides is 4. The zero-order valence-corrected chi connectivity index (χ0v) is 36.2. The molecule has 3 aromatic rings. The lowest BCUT2D eigenvalue weighted by atomic mass is 9.85. The monoisotopic (exact) mass is 887 g/mol. The molecule has 7 aliphatic rings. The fraction of sp³-hybridized carbons (Fsp3) is 0.614. The highest BCUT2D eigenvalue weighted by Gasteiger charge is 2.49. The van der Waals surface area contributed by atoms with Gasteiger partial charge in [-0.15, -0.1) is 0 Å². The molecule has 6 fully saturated rings. The molecule has 1 spiro atoms. The van der Waals surface area contributed by atoms with Gasteiger partial charge in [0.2, 0.25) is 27.8 Å². The maximum atomic E-state index is 15.7. The van der Waals surface area contributed by atoms with Crippen LogP contribution in [0.2, 0.25) is 0 Å². The second-order valence-electron chi connectivity index (χ2n) is 19.2. The number of sulfonamides is 1. The molecule has 4 amide bonds. The van der Waals surface area contributed by atoms with Gasteiger partial charge in [0.25, 0.3) is 17.4 Å². The zero-order chi connectivity index (χ0) is 44.0. The molecule has 19 heteroatoms. The highest BCUT2D eigenvalue weighted by molar-refractivity contribution is 7.89. The predicted octanol–water partition coefficient (Wildman–Crippen LogP) is 2.93. The van der Waals surface area contributed by atoms with Crippen LogP contribution >= 0.6 is 0 Å². The number of carbonyl (C=O) groups is 4. The summed E-state index contributed by atoms with van der Waals surface area (Å²) in [5.74, 6) is -2.80. The summed E-state index contributed by atoms with van der Waals surface area (Å²) in [7, 11) is -3.52. The summed E-state index contributed by atoms with van der Waals surface area (Å²) < 4.78 is 46.9. The highest BCUT2D eigenvalue weighted by Crippen LogP contribution is 2.49. The van der Waals surface area contributed by atoms with Crippen molar-refractivity contribution in [3.05, 3.63) is 57.8 Å². The summed E-state index contributed by atoms with van der Waals surface area (Å²) in [6.07, 6.45) is 9.78. The van der Waals surface area contributed by atoms with Crippen molar-refractivity contribution < 1.29 is 37.1 Å². The normalized spacial score (nSPS) is 30.3. The average molecular weight is 888 g/mol. The first-order valence-corrected chi connectivity index (χ1v) is 24.0. The number of anilines is 2. The molecule has 7 heterocycles. The van der Waals surface area contributed by atoms with Crippen LogP contribution in [0.15, 0.2) is 35.3 Å². The lowest BCUT2D eigenvalue weighted by molar-refractivity contribution is -0.136. The van der Waals surface area contributed by atoms with Gasteiger partial charge in [0, 0.05) is 62.3 Å². The number of likely N-dealkylation sites (tertiary alicyclic amines) is 1. The van der Waals surface area contributed by atoms with E-state index in [1.807, 2.05) is 4.90 Å². The first kappa shape index (κ1) is 42.1. The number of rotatable bonds is 8. The summed E-state index contributed by atoms with van der Waals surface area (Å²) in [4.78, 5) is 78.4. The quantitative estimate of drug-likeness (QED) is 0.279. The Bertz CT molecular complexity index is 2570. The Labute approximate surface area is 364 Å². The minimum absolute atomic E-state index is 0.00223. The molecule has 336 valence electrons. The van der Waals surface area contributed by atoms with Gasteiger partial charge in [-0.05, 0) is 121 Å². The van der Waals surface area contributed by atoms with Gasteiger partial charge in [-0.25, -0.2) is 22.1 Å². The van der Waals surface area contributed by atoms with Crippen LogP contribution in [0.25, 0.3) is 11.0 Å². The molecule has 2 aliphatic carbocycles. The predicted molar refractivity (Wildman–Crippen MR) is 229 cm³/mol. The average Bonchev–Trinajstić information content (AvgIpc) is 4.03. The molecule has 5 atom stereocenters. The Morgan fingerprint density at radius 2 is 1.63 bits per heavy atom. The molecule has 10 rings (SSSR count). The van der Waals surface area contributed by atoms with Gasteiger partial charge in [-0.1, -0.05) is 0 Å². The number of aliphatic hydroxyl groups is 1. The first-order chi connectivity index (χ1) is 30.1. The molecule has 2 saturated carbocycles. The number of piperidine rings is 3. The first-order valence-electron chi connectivity index (χ1n) is 22.5. The minimum atomic E-state index is -3.52. The van der Waals surface area contributed by atoms with E-state index >= 15 is 4.39 Å². The molecular weight excluding hydrogens is 834 g/mol. The summed E-state index contributed by atoms with van der Waals surface area (Å²) in [6, 6.07) is 4.47. The molecular formula is C44H54FN9O8S. The Morgan fingerprint density at radius 1 is 0.889 bits per heavy atom. The number of imide groups is 2. The van der Waals surface area contributed by atoms with Crippen LogP contribution < -0.4 is 21.1 Å². The van der Waals surface area contributed by atoms with Gasteiger partial charge in [0.15, 0.2) is 0 Å². The van der Waals surface area contributed by atoms with E-state index in [0.29, 0.717) is 101 Å². The van der Waals surface area contributed by atoms with Gasteiger partial charge in [0.05, 0.1) is 33.7 Å². The number of pyridine rings is 1. The molecule has 1 aromatic carbocycles. The Kier molecular flexibility index (Phi) is 10.5. The number of fused-ring (bicyclic) bond motifs is 2. The standard InChI is InChI=1S/C44H54FN9O8S/c1-43(60)13-2-3-35(43)54-37(56)7-4-26-24-46-42(49-38(26)54)47-27-9-18-52(19-10-27)63(61,62)29-11-16-50(17-12-29)28-8-14-44(23-28)15-20-51(25-44)34-22-31-30(21-32(34)45)40(58)53(41(31)59)33-5-6-36(55)48-39(33)57/h4,7,21-22,24,27-29,33,35,60H,2-3,5-6,8-20,23,25H2,1H3,(H,46,47,49)(H,48,55,57)/t28?,33?,35-,43-,44?/m1/s1. The number of aromatic nitrogens is 3. The fourth-order valence-electron chi connectivity index (χ4n) is 11.9. The van der Waals surface area contributed by atoms with Crippen molar-refractivity contribution in [2.24, 2.45) is 5.41 Å². The number of nitrogens with one attached hydrogen (secondary N) is 2. The van der Waals surface area contributed by atoms with Crippen LogP contribution in [0.5, 0.6) is 0 Å². The van der Waals surface area contributed by atoms with Crippen molar-refractivity contribution in [3.8, 4) is 0 Å². The summed E-state index contributed by atoms with van der Waals surface area (Å²) in [5, 5.41) is 16.8. The third kappa shape index (κ3) is 7.41. The van der Waals surface area contributed by atoms with E-state index in [-0.39, 0.29) is 52.7 Å². The van der Waals surface area contributed by atoms with E-state index in [4.69, 9.17) is 4.98 Å². The Morgan fingerprint density at radius 3 is 2.35 bits per heavy atom. The maximum absolute atomic E-state index is 15.7. The van der Waals surface area contributed by atoms with Crippen LogP contribution in [0.4, 0.5) is 16.0 Å². The van der Waals surface area contributed by atoms with Crippen LogP contribution in [0.1, 0.15) is 117 Å². The SMILES string of the molecule is C[C@@]1(O)CCC[C@H]1n1c(=O)ccc2cnc(NC3CCN(S(=O)(=O)C4CCN(C5CCC6(CCN(c7cc8c(cc7F)C(=O)N(C7CCC(=O)NC7=O)C8=O)C6)C5)CC4)CC3)nc21. The second-order valence-corrected chi connectivity index (χ2v) is 21.5. The lowest BCUT2D eigenvalue weighted by Crippen LogP contribution is -2.54. The van der Waals surface area contributed by atoms with Crippen molar-refractivity contribution in [3.63, 3.8) is 0 Å². The van der Waals surface area contributed by atoms with Gasteiger partial charge in [0.1, 0.15) is 17.5 Å². The smallest absolute Gasteiger partial charge is 0.262 e. The van der Waals surface area contributed by atoms with E-state index in [1.54, 1.807) is 28.1 Å². The zero-order valence-electron chi connectivity index (χ0n) is 35.4. The molecule has 17 nitrogen and oxygen atoms in total. The van der Waals surface area contributed by atoms with E-state index in [1.165, 1.54) is 12.1 Å². The highest BCUT2D eigenvalue weighted by atomic mass is 32.2. The Hall–Kier alpha value is -4.85. The molecule has 3 unspecified atom stereocenters. The van der Waals surface area contributed by atoms with E-state index in [9.17, 15) is 37.5 Å². The molecule has 3 N–H and O–H groups in total. The van der Waals surface area contributed by atoms with Crippen LogP contribution in [-0.2, 0) is 19.6 Å². The van der Waals surface area contributed by atoms with E-state index in [0.717, 1.165) is 43.1 Å². The molecule has 0 radical (unpaired) electrons. The maximum Gasteiger partial charge on any atom is 0.262 e.